The van der Waals surface area contributed by atoms with Crippen LogP contribution in [0.1, 0.15) is 93.5 Å². The SMILES string of the molecule is CCCCCCCCCCCCCOc1ccc(C(=O)NCCc2ccccc2)cc1. The van der Waals surface area contributed by atoms with Crippen molar-refractivity contribution >= 4 is 5.91 Å². The van der Waals surface area contributed by atoms with Gasteiger partial charge in [-0.1, -0.05) is 101 Å². The highest BCUT2D eigenvalue weighted by atomic mass is 16.5. The Labute approximate surface area is 189 Å². The van der Waals surface area contributed by atoms with Crippen molar-refractivity contribution in [3.05, 3.63) is 65.7 Å². The number of ether oxygens (including phenoxy) is 1. The molecule has 0 aliphatic rings. The molecule has 2 aromatic carbocycles. The summed E-state index contributed by atoms with van der Waals surface area (Å²) in [6, 6.07) is 17.7. The van der Waals surface area contributed by atoms with Gasteiger partial charge in [0.2, 0.25) is 0 Å². The topological polar surface area (TPSA) is 38.3 Å². The summed E-state index contributed by atoms with van der Waals surface area (Å²) in [6.45, 7) is 3.66. The Kier molecular flexibility index (Phi) is 13.2. The van der Waals surface area contributed by atoms with Gasteiger partial charge in [0.25, 0.3) is 5.91 Å². The van der Waals surface area contributed by atoms with E-state index < -0.39 is 0 Å². The molecule has 1 N–H and O–H groups in total. The fourth-order valence-electron chi connectivity index (χ4n) is 3.73. The van der Waals surface area contributed by atoms with E-state index in [2.05, 4.69) is 24.4 Å². The molecule has 1 amide bonds. The van der Waals surface area contributed by atoms with Crippen LogP contribution in [0, 0.1) is 0 Å². The summed E-state index contributed by atoms with van der Waals surface area (Å²) in [5.41, 5.74) is 1.91. The largest absolute Gasteiger partial charge is 0.494 e. The molecule has 31 heavy (non-hydrogen) atoms. The van der Waals surface area contributed by atoms with Crippen LogP contribution in [0.3, 0.4) is 0 Å². The van der Waals surface area contributed by atoms with Gasteiger partial charge >= 0.3 is 0 Å². The summed E-state index contributed by atoms with van der Waals surface area (Å²) in [4.78, 5) is 12.3. The quantitative estimate of drug-likeness (QED) is 0.270. The van der Waals surface area contributed by atoms with Gasteiger partial charge < -0.3 is 10.1 Å². The number of amides is 1. The Morgan fingerprint density at radius 3 is 1.94 bits per heavy atom. The number of nitrogens with one attached hydrogen (secondary N) is 1. The van der Waals surface area contributed by atoms with Gasteiger partial charge in [0, 0.05) is 12.1 Å². The Morgan fingerprint density at radius 1 is 0.742 bits per heavy atom. The maximum absolute atomic E-state index is 12.3. The van der Waals surface area contributed by atoms with E-state index in [1.165, 1.54) is 69.8 Å². The monoisotopic (exact) mass is 423 g/mol. The van der Waals surface area contributed by atoms with Crippen molar-refractivity contribution in [3.8, 4) is 5.75 Å². The van der Waals surface area contributed by atoms with E-state index in [0.717, 1.165) is 25.2 Å². The van der Waals surface area contributed by atoms with Crippen LogP contribution in [0.5, 0.6) is 5.75 Å². The van der Waals surface area contributed by atoms with Crippen LogP contribution in [0.2, 0.25) is 0 Å². The third-order valence-corrected chi connectivity index (χ3v) is 5.68. The molecule has 2 rings (SSSR count). The van der Waals surface area contributed by atoms with Gasteiger partial charge in [-0.3, -0.25) is 4.79 Å². The van der Waals surface area contributed by atoms with E-state index in [0.29, 0.717) is 12.1 Å². The number of rotatable bonds is 17. The second kappa shape index (κ2) is 16.4. The predicted octanol–water partition coefficient (Wildman–Crippen LogP) is 7.35. The Bertz CT molecular complexity index is 697. The summed E-state index contributed by atoms with van der Waals surface area (Å²) in [6.07, 6.45) is 15.5. The van der Waals surface area contributed by atoms with Crippen molar-refractivity contribution in [3.63, 3.8) is 0 Å². The van der Waals surface area contributed by atoms with Crippen molar-refractivity contribution in [1.82, 2.24) is 5.32 Å². The minimum Gasteiger partial charge on any atom is -0.494 e. The van der Waals surface area contributed by atoms with E-state index in [9.17, 15) is 4.79 Å². The zero-order chi connectivity index (χ0) is 22.0. The maximum Gasteiger partial charge on any atom is 0.251 e. The molecule has 0 aliphatic heterocycles. The average Bonchev–Trinajstić information content (AvgIpc) is 2.81. The highest BCUT2D eigenvalue weighted by molar-refractivity contribution is 5.94. The van der Waals surface area contributed by atoms with E-state index >= 15 is 0 Å². The molecule has 0 saturated carbocycles. The second-order valence-corrected chi connectivity index (χ2v) is 8.40. The number of unbranched alkanes of at least 4 members (excludes halogenated alkanes) is 10. The van der Waals surface area contributed by atoms with Crippen LogP contribution < -0.4 is 10.1 Å². The van der Waals surface area contributed by atoms with Crippen molar-refractivity contribution in [2.45, 2.75) is 84.0 Å². The maximum atomic E-state index is 12.3. The first-order valence-electron chi connectivity index (χ1n) is 12.3. The van der Waals surface area contributed by atoms with Crippen molar-refractivity contribution in [1.29, 1.82) is 0 Å². The first-order chi connectivity index (χ1) is 15.3. The zero-order valence-corrected chi connectivity index (χ0v) is 19.4. The highest BCUT2D eigenvalue weighted by Gasteiger charge is 2.05. The molecule has 0 radical (unpaired) electrons. The number of carbonyl (C=O) groups excluding carboxylic acids is 1. The summed E-state index contributed by atoms with van der Waals surface area (Å²) < 4.78 is 5.83. The fourth-order valence-corrected chi connectivity index (χ4v) is 3.73. The van der Waals surface area contributed by atoms with Crippen LogP contribution in [0.25, 0.3) is 0 Å². The minimum absolute atomic E-state index is 0.0344. The van der Waals surface area contributed by atoms with Crippen LogP contribution in [0.4, 0.5) is 0 Å². The second-order valence-electron chi connectivity index (χ2n) is 8.40. The molecular formula is C28H41NO2. The molecular weight excluding hydrogens is 382 g/mol. The minimum atomic E-state index is -0.0344. The van der Waals surface area contributed by atoms with Gasteiger partial charge in [0.15, 0.2) is 0 Å². The summed E-state index contributed by atoms with van der Waals surface area (Å²) in [7, 11) is 0. The third-order valence-electron chi connectivity index (χ3n) is 5.68. The number of carbonyl (C=O) groups is 1. The van der Waals surface area contributed by atoms with Crippen LogP contribution >= 0.6 is 0 Å². The lowest BCUT2D eigenvalue weighted by Gasteiger charge is -2.08. The van der Waals surface area contributed by atoms with Crippen LogP contribution in [0.15, 0.2) is 54.6 Å². The molecule has 0 fully saturated rings. The highest BCUT2D eigenvalue weighted by Crippen LogP contribution is 2.14. The molecule has 0 saturated heterocycles. The molecule has 0 aromatic heterocycles. The smallest absolute Gasteiger partial charge is 0.251 e. The lowest BCUT2D eigenvalue weighted by atomic mass is 10.1. The Morgan fingerprint density at radius 2 is 1.32 bits per heavy atom. The van der Waals surface area contributed by atoms with E-state index in [4.69, 9.17) is 4.74 Å². The summed E-state index contributed by atoms with van der Waals surface area (Å²) in [5, 5.41) is 2.98. The first kappa shape index (κ1) is 25.0. The molecule has 0 bridgehead atoms. The predicted molar refractivity (Wildman–Crippen MR) is 131 cm³/mol. The third kappa shape index (κ3) is 11.6. The standard InChI is InChI=1S/C28H41NO2/c1-2-3-4-5-6-7-8-9-10-11-15-24-31-27-20-18-26(19-21-27)28(30)29-23-22-25-16-13-12-14-17-25/h12-14,16-21H,2-11,15,22-24H2,1H3,(H,29,30). The first-order valence-corrected chi connectivity index (χ1v) is 12.3. The Hall–Kier alpha value is -2.29. The number of benzene rings is 2. The van der Waals surface area contributed by atoms with Gasteiger partial charge in [-0.2, -0.15) is 0 Å². The molecule has 2 aromatic rings. The van der Waals surface area contributed by atoms with Crippen molar-refractivity contribution in [2.24, 2.45) is 0 Å². The van der Waals surface area contributed by atoms with Gasteiger partial charge in [-0.25, -0.2) is 0 Å². The molecule has 0 heterocycles. The zero-order valence-electron chi connectivity index (χ0n) is 19.4. The Balaban J connectivity index is 1.48. The molecule has 3 nitrogen and oxygen atoms in total. The molecule has 0 spiro atoms. The molecule has 0 atom stereocenters. The van der Waals surface area contributed by atoms with E-state index in [-0.39, 0.29) is 5.91 Å². The lowest BCUT2D eigenvalue weighted by molar-refractivity contribution is 0.0954. The van der Waals surface area contributed by atoms with Crippen molar-refractivity contribution < 1.29 is 9.53 Å². The van der Waals surface area contributed by atoms with Crippen molar-refractivity contribution in [2.75, 3.05) is 13.2 Å². The lowest BCUT2D eigenvalue weighted by Crippen LogP contribution is -2.25. The van der Waals surface area contributed by atoms with Crippen LogP contribution in [-0.2, 0) is 6.42 Å². The van der Waals surface area contributed by atoms with Gasteiger partial charge in [0.05, 0.1) is 6.61 Å². The van der Waals surface area contributed by atoms with Crippen LogP contribution in [-0.4, -0.2) is 19.1 Å². The fraction of sp³-hybridized carbons (Fsp3) is 0.536. The number of hydrogen-bond acceptors (Lipinski definition) is 2. The normalized spacial score (nSPS) is 10.7. The van der Waals surface area contributed by atoms with Gasteiger partial charge in [-0.05, 0) is 42.7 Å². The summed E-state index contributed by atoms with van der Waals surface area (Å²) >= 11 is 0. The molecule has 170 valence electrons. The molecule has 0 aliphatic carbocycles. The van der Waals surface area contributed by atoms with E-state index in [1.807, 2.05) is 42.5 Å². The van der Waals surface area contributed by atoms with Gasteiger partial charge in [-0.15, -0.1) is 0 Å². The average molecular weight is 424 g/mol. The summed E-state index contributed by atoms with van der Waals surface area (Å²) in [5.74, 6) is 0.806. The molecule has 0 unspecified atom stereocenters. The number of hydrogen-bond donors (Lipinski definition) is 1. The van der Waals surface area contributed by atoms with Gasteiger partial charge in [0.1, 0.15) is 5.75 Å². The van der Waals surface area contributed by atoms with E-state index in [1.54, 1.807) is 0 Å². The molecule has 3 heteroatoms.